The minimum Gasteiger partial charge on any atom is -0.355 e. The lowest BCUT2D eigenvalue weighted by atomic mass is 9.83. The molecule has 1 atom stereocenters. The van der Waals surface area contributed by atoms with E-state index in [1.54, 1.807) is 0 Å². The third kappa shape index (κ3) is 6.95. The number of hydrogen-bond acceptors (Lipinski definition) is 2. The van der Waals surface area contributed by atoms with Gasteiger partial charge in [-0.1, -0.05) is 39.5 Å². The summed E-state index contributed by atoms with van der Waals surface area (Å²) in [5.41, 5.74) is 0. The van der Waals surface area contributed by atoms with Gasteiger partial charge in [-0.25, -0.2) is 0 Å². The van der Waals surface area contributed by atoms with Gasteiger partial charge in [0.05, 0.1) is 6.04 Å². The maximum absolute atomic E-state index is 11.9. The number of nitrogens with one attached hydrogen (secondary N) is 2. The molecule has 19 heavy (non-hydrogen) atoms. The molecule has 1 saturated carbocycles. The minimum absolute atomic E-state index is 0.0547. The van der Waals surface area contributed by atoms with Crippen LogP contribution in [0.15, 0.2) is 0 Å². The molecule has 0 aromatic carbocycles. The van der Waals surface area contributed by atoms with Crippen molar-refractivity contribution in [2.24, 2.45) is 11.8 Å². The molecule has 0 aliphatic heterocycles. The molecule has 0 aromatic heterocycles. The van der Waals surface area contributed by atoms with Gasteiger partial charge in [-0.15, -0.1) is 0 Å². The highest BCUT2D eigenvalue weighted by atomic mass is 16.2. The van der Waals surface area contributed by atoms with Gasteiger partial charge in [0.2, 0.25) is 5.91 Å². The first-order chi connectivity index (χ1) is 9.13. The molecule has 0 radical (unpaired) electrons. The van der Waals surface area contributed by atoms with Gasteiger partial charge < -0.3 is 10.6 Å². The maximum Gasteiger partial charge on any atom is 0.236 e. The normalized spacial score (nSPS) is 25.0. The highest BCUT2D eigenvalue weighted by Gasteiger charge is 2.19. The van der Waals surface area contributed by atoms with E-state index in [1.165, 1.54) is 38.5 Å². The summed E-state index contributed by atoms with van der Waals surface area (Å²) in [6, 6.07) is -0.0547. The van der Waals surface area contributed by atoms with Crippen molar-refractivity contribution < 1.29 is 4.79 Å². The van der Waals surface area contributed by atoms with Crippen molar-refractivity contribution in [2.75, 3.05) is 13.1 Å². The molecule has 1 aliphatic rings. The summed E-state index contributed by atoms with van der Waals surface area (Å²) >= 11 is 0. The Morgan fingerprint density at radius 3 is 2.53 bits per heavy atom. The molecule has 0 heterocycles. The Morgan fingerprint density at radius 2 is 1.89 bits per heavy atom. The van der Waals surface area contributed by atoms with Crippen LogP contribution >= 0.6 is 0 Å². The molecular formula is C16H32N2O. The van der Waals surface area contributed by atoms with Gasteiger partial charge >= 0.3 is 0 Å². The molecule has 112 valence electrons. The van der Waals surface area contributed by atoms with Crippen LogP contribution in [0, 0.1) is 11.8 Å². The first-order valence-corrected chi connectivity index (χ1v) is 8.14. The number of amides is 1. The summed E-state index contributed by atoms with van der Waals surface area (Å²) in [5.74, 6) is 1.82. The van der Waals surface area contributed by atoms with Crippen molar-refractivity contribution in [3.63, 3.8) is 0 Å². The van der Waals surface area contributed by atoms with Gasteiger partial charge in [0.25, 0.3) is 0 Å². The van der Waals surface area contributed by atoms with E-state index in [0.29, 0.717) is 0 Å². The molecule has 3 nitrogen and oxygen atoms in total. The van der Waals surface area contributed by atoms with E-state index in [9.17, 15) is 4.79 Å². The van der Waals surface area contributed by atoms with Crippen molar-refractivity contribution in [2.45, 2.75) is 71.8 Å². The Labute approximate surface area is 118 Å². The van der Waals surface area contributed by atoms with Crippen LogP contribution in [0.25, 0.3) is 0 Å². The topological polar surface area (TPSA) is 41.1 Å². The summed E-state index contributed by atoms with van der Waals surface area (Å²) in [6.45, 7) is 8.31. The van der Waals surface area contributed by atoms with Gasteiger partial charge in [-0.05, 0) is 44.6 Å². The molecule has 1 unspecified atom stereocenters. The van der Waals surface area contributed by atoms with Crippen LogP contribution in [0.5, 0.6) is 0 Å². The average Bonchev–Trinajstić information content (AvgIpc) is 2.42. The van der Waals surface area contributed by atoms with Crippen LogP contribution in [-0.4, -0.2) is 25.0 Å². The molecule has 1 fully saturated rings. The Kier molecular flexibility index (Phi) is 8.11. The standard InChI is InChI=1S/C16H32N2O/c1-4-5-6-11-17-16(19)14(3)18-12-15-9-7-13(2)8-10-15/h13-15,18H,4-12H2,1-3H3,(H,17,19). The highest BCUT2D eigenvalue weighted by molar-refractivity contribution is 5.81. The van der Waals surface area contributed by atoms with E-state index < -0.39 is 0 Å². The molecule has 2 N–H and O–H groups in total. The van der Waals surface area contributed by atoms with Crippen LogP contribution in [0.1, 0.15) is 65.7 Å². The summed E-state index contributed by atoms with van der Waals surface area (Å²) < 4.78 is 0. The Balaban J connectivity index is 2.09. The zero-order valence-corrected chi connectivity index (χ0v) is 13.0. The molecule has 0 bridgehead atoms. The monoisotopic (exact) mass is 268 g/mol. The van der Waals surface area contributed by atoms with Crippen LogP contribution in [0.3, 0.4) is 0 Å². The van der Waals surface area contributed by atoms with Crippen molar-refractivity contribution in [1.82, 2.24) is 10.6 Å². The molecule has 1 aliphatic carbocycles. The second kappa shape index (κ2) is 9.35. The van der Waals surface area contributed by atoms with E-state index >= 15 is 0 Å². The van der Waals surface area contributed by atoms with E-state index in [-0.39, 0.29) is 11.9 Å². The molecular weight excluding hydrogens is 236 g/mol. The first-order valence-electron chi connectivity index (χ1n) is 8.14. The van der Waals surface area contributed by atoms with Crippen molar-refractivity contribution >= 4 is 5.91 Å². The Bertz CT molecular complexity index is 247. The number of unbranched alkanes of at least 4 members (excludes halogenated alkanes) is 2. The molecule has 1 rings (SSSR count). The van der Waals surface area contributed by atoms with E-state index in [0.717, 1.165) is 31.3 Å². The fourth-order valence-corrected chi connectivity index (χ4v) is 2.71. The van der Waals surface area contributed by atoms with Crippen molar-refractivity contribution in [3.8, 4) is 0 Å². The lowest BCUT2D eigenvalue weighted by Crippen LogP contribution is -2.44. The van der Waals surface area contributed by atoms with Crippen LogP contribution in [0.4, 0.5) is 0 Å². The summed E-state index contributed by atoms with van der Waals surface area (Å²) in [7, 11) is 0. The fraction of sp³-hybridized carbons (Fsp3) is 0.938. The van der Waals surface area contributed by atoms with Crippen LogP contribution in [0.2, 0.25) is 0 Å². The minimum atomic E-state index is -0.0547. The van der Waals surface area contributed by atoms with Crippen LogP contribution in [-0.2, 0) is 4.79 Å². The molecule has 0 aromatic rings. The van der Waals surface area contributed by atoms with Gasteiger partial charge in [-0.3, -0.25) is 4.79 Å². The molecule has 0 spiro atoms. The Morgan fingerprint density at radius 1 is 1.21 bits per heavy atom. The van der Waals surface area contributed by atoms with Gasteiger partial charge in [0.15, 0.2) is 0 Å². The summed E-state index contributed by atoms with van der Waals surface area (Å²) in [6.07, 6.45) is 8.83. The molecule has 3 heteroatoms. The zero-order valence-electron chi connectivity index (χ0n) is 13.0. The fourth-order valence-electron chi connectivity index (χ4n) is 2.71. The number of rotatable bonds is 8. The van der Waals surface area contributed by atoms with Gasteiger partial charge in [0.1, 0.15) is 0 Å². The maximum atomic E-state index is 11.9. The second-order valence-electron chi connectivity index (χ2n) is 6.25. The average molecular weight is 268 g/mol. The quantitative estimate of drug-likeness (QED) is 0.664. The first kappa shape index (κ1) is 16.5. The lowest BCUT2D eigenvalue weighted by Gasteiger charge is -2.27. The summed E-state index contributed by atoms with van der Waals surface area (Å²) in [4.78, 5) is 11.9. The van der Waals surface area contributed by atoms with E-state index in [2.05, 4.69) is 24.5 Å². The second-order valence-corrected chi connectivity index (χ2v) is 6.25. The third-order valence-electron chi connectivity index (χ3n) is 4.32. The number of carbonyl (C=O) groups is 1. The third-order valence-corrected chi connectivity index (χ3v) is 4.32. The number of hydrogen-bond donors (Lipinski definition) is 2. The van der Waals surface area contributed by atoms with E-state index in [4.69, 9.17) is 0 Å². The van der Waals surface area contributed by atoms with Crippen molar-refractivity contribution in [1.29, 1.82) is 0 Å². The summed E-state index contributed by atoms with van der Waals surface area (Å²) in [5, 5.41) is 6.41. The van der Waals surface area contributed by atoms with E-state index in [1.807, 2.05) is 6.92 Å². The molecule has 1 amide bonds. The van der Waals surface area contributed by atoms with Gasteiger partial charge in [0, 0.05) is 6.54 Å². The van der Waals surface area contributed by atoms with Crippen LogP contribution < -0.4 is 10.6 Å². The predicted octanol–water partition coefficient (Wildman–Crippen LogP) is 3.10. The molecule has 0 saturated heterocycles. The lowest BCUT2D eigenvalue weighted by molar-refractivity contribution is -0.122. The SMILES string of the molecule is CCCCCNC(=O)C(C)NCC1CCC(C)CC1. The largest absolute Gasteiger partial charge is 0.355 e. The highest BCUT2D eigenvalue weighted by Crippen LogP contribution is 2.27. The number of carbonyl (C=O) groups excluding carboxylic acids is 1. The van der Waals surface area contributed by atoms with Crippen molar-refractivity contribution in [3.05, 3.63) is 0 Å². The van der Waals surface area contributed by atoms with Gasteiger partial charge in [-0.2, -0.15) is 0 Å². The zero-order chi connectivity index (χ0) is 14.1. The smallest absolute Gasteiger partial charge is 0.236 e. The predicted molar refractivity (Wildman–Crippen MR) is 81.1 cm³/mol. The Hall–Kier alpha value is -0.570.